The van der Waals surface area contributed by atoms with E-state index >= 15 is 0 Å². The highest BCUT2D eigenvalue weighted by molar-refractivity contribution is 5.45. The Hall–Kier alpha value is -2.30. The first-order valence-corrected chi connectivity index (χ1v) is 8.16. The van der Waals surface area contributed by atoms with E-state index in [1.54, 1.807) is 18.6 Å². The maximum absolute atomic E-state index is 5.84. The molecular formula is C18H25N3O2. The van der Waals surface area contributed by atoms with Crippen LogP contribution in [0.1, 0.15) is 45.2 Å². The number of ether oxygens (including phenoxy) is 2. The van der Waals surface area contributed by atoms with Crippen LogP contribution in [0.3, 0.4) is 0 Å². The predicted molar refractivity (Wildman–Crippen MR) is 92.1 cm³/mol. The summed E-state index contributed by atoms with van der Waals surface area (Å²) in [7, 11) is 0. The molecule has 23 heavy (non-hydrogen) atoms. The number of nitrogens with zero attached hydrogens (tertiary/aromatic N) is 2. The zero-order valence-corrected chi connectivity index (χ0v) is 14.1. The SMILES string of the molecule is CCCOc1ccc(C(C)Nc2cnccn2)cc1OCCC. The summed E-state index contributed by atoms with van der Waals surface area (Å²) < 4.78 is 11.6. The van der Waals surface area contributed by atoms with Crippen LogP contribution in [-0.2, 0) is 0 Å². The summed E-state index contributed by atoms with van der Waals surface area (Å²) in [5.74, 6) is 2.35. The quantitative estimate of drug-likeness (QED) is 0.750. The van der Waals surface area contributed by atoms with Gasteiger partial charge in [-0.3, -0.25) is 4.98 Å². The summed E-state index contributed by atoms with van der Waals surface area (Å²) in [6.45, 7) is 7.63. The minimum Gasteiger partial charge on any atom is -0.490 e. The third kappa shape index (κ3) is 5.13. The van der Waals surface area contributed by atoms with Crippen molar-refractivity contribution in [2.75, 3.05) is 18.5 Å². The zero-order chi connectivity index (χ0) is 16.5. The average Bonchev–Trinajstić information content (AvgIpc) is 2.59. The van der Waals surface area contributed by atoms with E-state index in [4.69, 9.17) is 9.47 Å². The smallest absolute Gasteiger partial charge is 0.161 e. The third-order valence-electron chi connectivity index (χ3n) is 3.32. The molecule has 5 heteroatoms. The van der Waals surface area contributed by atoms with Crippen LogP contribution in [0, 0.1) is 0 Å². The Labute approximate surface area is 138 Å². The molecule has 0 aliphatic carbocycles. The van der Waals surface area contributed by atoms with Crippen molar-refractivity contribution in [1.82, 2.24) is 9.97 Å². The van der Waals surface area contributed by atoms with Gasteiger partial charge in [-0.15, -0.1) is 0 Å². The van der Waals surface area contributed by atoms with Crippen molar-refractivity contribution >= 4 is 5.82 Å². The van der Waals surface area contributed by atoms with Crippen molar-refractivity contribution in [1.29, 1.82) is 0 Å². The second-order valence-electron chi connectivity index (χ2n) is 5.36. The lowest BCUT2D eigenvalue weighted by Crippen LogP contribution is -2.09. The Morgan fingerprint density at radius 2 is 1.78 bits per heavy atom. The van der Waals surface area contributed by atoms with Crippen LogP contribution < -0.4 is 14.8 Å². The van der Waals surface area contributed by atoms with Crippen molar-refractivity contribution in [3.05, 3.63) is 42.4 Å². The molecule has 0 aliphatic heterocycles. The lowest BCUT2D eigenvalue weighted by Gasteiger charge is -2.18. The summed E-state index contributed by atoms with van der Waals surface area (Å²) >= 11 is 0. The molecule has 0 aliphatic rings. The van der Waals surface area contributed by atoms with Gasteiger partial charge in [0.1, 0.15) is 5.82 Å². The van der Waals surface area contributed by atoms with Gasteiger partial charge in [0.2, 0.25) is 0 Å². The highest BCUT2D eigenvalue weighted by Crippen LogP contribution is 2.31. The van der Waals surface area contributed by atoms with Crippen molar-refractivity contribution < 1.29 is 9.47 Å². The second-order valence-corrected chi connectivity index (χ2v) is 5.36. The predicted octanol–water partition coefficient (Wildman–Crippen LogP) is 4.23. The van der Waals surface area contributed by atoms with Gasteiger partial charge < -0.3 is 14.8 Å². The second kappa shape index (κ2) is 8.98. The van der Waals surface area contributed by atoms with Gasteiger partial charge in [-0.05, 0) is 37.5 Å². The fourth-order valence-electron chi connectivity index (χ4n) is 2.13. The summed E-state index contributed by atoms with van der Waals surface area (Å²) in [6, 6.07) is 6.16. The van der Waals surface area contributed by atoms with Gasteiger partial charge in [0, 0.05) is 12.4 Å². The van der Waals surface area contributed by atoms with Crippen LogP contribution in [0.5, 0.6) is 11.5 Å². The Bertz CT molecular complexity index is 590. The van der Waals surface area contributed by atoms with E-state index in [-0.39, 0.29) is 6.04 Å². The number of anilines is 1. The van der Waals surface area contributed by atoms with E-state index in [9.17, 15) is 0 Å². The fourth-order valence-corrected chi connectivity index (χ4v) is 2.13. The molecule has 2 aromatic rings. The maximum atomic E-state index is 5.84. The molecule has 1 heterocycles. The Balaban J connectivity index is 2.14. The molecule has 1 aromatic carbocycles. The number of benzene rings is 1. The van der Waals surface area contributed by atoms with Crippen LogP contribution in [0.15, 0.2) is 36.8 Å². The molecule has 0 amide bonds. The van der Waals surface area contributed by atoms with Gasteiger partial charge >= 0.3 is 0 Å². The number of aromatic nitrogens is 2. The van der Waals surface area contributed by atoms with Gasteiger partial charge in [0.25, 0.3) is 0 Å². The van der Waals surface area contributed by atoms with E-state index < -0.39 is 0 Å². The molecule has 1 atom stereocenters. The van der Waals surface area contributed by atoms with E-state index in [1.165, 1.54) is 0 Å². The first-order chi connectivity index (χ1) is 11.2. The number of hydrogen-bond donors (Lipinski definition) is 1. The van der Waals surface area contributed by atoms with Crippen LogP contribution in [0.4, 0.5) is 5.82 Å². The van der Waals surface area contributed by atoms with Gasteiger partial charge in [-0.25, -0.2) is 4.98 Å². The molecule has 0 fully saturated rings. The molecule has 1 aromatic heterocycles. The van der Waals surface area contributed by atoms with E-state index in [2.05, 4.69) is 42.1 Å². The molecule has 0 saturated carbocycles. The van der Waals surface area contributed by atoms with Gasteiger partial charge in [-0.1, -0.05) is 19.9 Å². The Kier molecular flexibility index (Phi) is 6.66. The van der Waals surface area contributed by atoms with Crippen LogP contribution in [0.25, 0.3) is 0 Å². The molecule has 1 N–H and O–H groups in total. The van der Waals surface area contributed by atoms with E-state index in [0.29, 0.717) is 13.2 Å². The minimum absolute atomic E-state index is 0.0934. The van der Waals surface area contributed by atoms with Crippen molar-refractivity contribution in [2.24, 2.45) is 0 Å². The summed E-state index contributed by atoms with van der Waals surface area (Å²) in [4.78, 5) is 8.31. The normalized spacial score (nSPS) is 11.8. The largest absolute Gasteiger partial charge is 0.490 e. The van der Waals surface area contributed by atoms with Gasteiger partial charge in [0.05, 0.1) is 25.5 Å². The molecule has 5 nitrogen and oxygen atoms in total. The molecule has 0 saturated heterocycles. The lowest BCUT2D eigenvalue weighted by atomic mass is 10.1. The number of nitrogens with one attached hydrogen (secondary N) is 1. The molecule has 0 spiro atoms. The van der Waals surface area contributed by atoms with Gasteiger partial charge in [-0.2, -0.15) is 0 Å². The van der Waals surface area contributed by atoms with E-state index in [1.807, 2.05) is 12.1 Å². The summed E-state index contributed by atoms with van der Waals surface area (Å²) in [6.07, 6.45) is 6.98. The highest BCUT2D eigenvalue weighted by Gasteiger charge is 2.12. The fraction of sp³-hybridized carbons (Fsp3) is 0.444. The number of hydrogen-bond acceptors (Lipinski definition) is 5. The van der Waals surface area contributed by atoms with Crippen LogP contribution in [-0.4, -0.2) is 23.2 Å². The molecular weight excluding hydrogens is 290 g/mol. The monoisotopic (exact) mass is 315 g/mol. The number of rotatable bonds is 9. The molecule has 0 radical (unpaired) electrons. The summed E-state index contributed by atoms with van der Waals surface area (Å²) in [5, 5.41) is 3.33. The van der Waals surface area contributed by atoms with Crippen molar-refractivity contribution in [3.63, 3.8) is 0 Å². The first-order valence-electron chi connectivity index (χ1n) is 8.16. The zero-order valence-electron chi connectivity index (χ0n) is 14.1. The minimum atomic E-state index is 0.0934. The molecule has 124 valence electrons. The highest BCUT2D eigenvalue weighted by atomic mass is 16.5. The van der Waals surface area contributed by atoms with Crippen LogP contribution in [0.2, 0.25) is 0 Å². The van der Waals surface area contributed by atoms with Crippen molar-refractivity contribution in [2.45, 2.75) is 39.7 Å². The summed E-state index contributed by atoms with van der Waals surface area (Å²) in [5.41, 5.74) is 1.12. The topological polar surface area (TPSA) is 56.3 Å². The van der Waals surface area contributed by atoms with E-state index in [0.717, 1.165) is 35.7 Å². The van der Waals surface area contributed by atoms with Gasteiger partial charge in [0.15, 0.2) is 11.5 Å². The Morgan fingerprint density at radius 3 is 2.43 bits per heavy atom. The standard InChI is InChI=1S/C18H25N3O2/c1-4-10-22-16-7-6-15(12-17(16)23-11-5-2)14(3)21-18-13-19-8-9-20-18/h6-9,12-14H,4-5,10-11H2,1-3H3,(H,20,21). The van der Waals surface area contributed by atoms with Crippen LogP contribution >= 0.6 is 0 Å². The molecule has 1 unspecified atom stereocenters. The molecule has 2 rings (SSSR count). The Morgan fingerprint density at radius 1 is 1.04 bits per heavy atom. The maximum Gasteiger partial charge on any atom is 0.161 e. The third-order valence-corrected chi connectivity index (χ3v) is 3.32. The lowest BCUT2D eigenvalue weighted by molar-refractivity contribution is 0.268. The van der Waals surface area contributed by atoms with Crippen molar-refractivity contribution in [3.8, 4) is 11.5 Å². The first kappa shape index (κ1) is 17.1. The molecule has 0 bridgehead atoms. The average molecular weight is 315 g/mol.